The Morgan fingerprint density at radius 3 is 2.33 bits per heavy atom. The van der Waals surface area contributed by atoms with Crippen LogP contribution in [0.3, 0.4) is 0 Å². The molecule has 0 amide bonds. The van der Waals surface area contributed by atoms with E-state index < -0.39 is 6.17 Å². The fourth-order valence-electron chi connectivity index (χ4n) is 4.38. The van der Waals surface area contributed by atoms with Crippen LogP contribution in [0, 0.1) is 17.8 Å². The summed E-state index contributed by atoms with van der Waals surface area (Å²) >= 11 is 0. The molecule has 0 radical (unpaired) electrons. The summed E-state index contributed by atoms with van der Waals surface area (Å²) in [4.78, 5) is 0. The van der Waals surface area contributed by atoms with Crippen molar-refractivity contribution in [3.05, 3.63) is 29.8 Å². The molecule has 1 fully saturated rings. The van der Waals surface area contributed by atoms with Crippen molar-refractivity contribution in [2.45, 2.75) is 84.2 Å². The van der Waals surface area contributed by atoms with Gasteiger partial charge in [-0.25, -0.2) is 4.39 Å². The van der Waals surface area contributed by atoms with Crippen LogP contribution in [0.1, 0.15) is 77.2 Å². The fraction of sp³-hybridized carbons (Fsp3) is 0.727. The van der Waals surface area contributed by atoms with Gasteiger partial charge in [-0.1, -0.05) is 64.5 Å². The highest BCUT2D eigenvalue weighted by molar-refractivity contribution is 5.26. The fourth-order valence-corrected chi connectivity index (χ4v) is 4.38. The van der Waals surface area contributed by atoms with Crippen LogP contribution in [0.15, 0.2) is 24.3 Å². The van der Waals surface area contributed by atoms with Gasteiger partial charge in [-0.05, 0) is 54.7 Å². The van der Waals surface area contributed by atoms with E-state index in [2.05, 4.69) is 13.8 Å². The van der Waals surface area contributed by atoms with E-state index in [4.69, 9.17) is 0 Å². The Morgan fingerprint density at radius 2 is 1.75 bits per heavy atom. The molecule has 0 heterocycles. The van der Waals surface area contributed by atoms with Crippen LogP contribution in [0.4, 0.5) is 4.39 Å². The number of hydrogen-bond acceptors (Lipinski definition) is 1. The number of hydrogen-bond donors (Lipinski definition) is 1. The molecule has 2 unspecified atom stereocenters. The molecule has 0 aliphatic heterocycles. The Hall–Kier alpha value is -1.05. The monoisotopic (exact) mass is 334 g/mol. The maximum atomic E-state index is 14.7. The highest BCUT2D eigenvalue weighted by Gasteiger charge is 2.28. The number of aromatic hydroxyl groups is 1. The van der Waals surface area contributed by atoms with Gasteiger partial charge in [-0.2, -0.15) is 0 Å². The predicted octanol–water partition coefficient (Wildman–Crippen LogP) is 6.69. The lowest BCUT2D eigenvalue weighted by Crippen LogP contribution is -2.25. The van der Waals surface area contributed by atoms with Gasteiger partial charge in [0.25, 0.3) is 0 Å². The molecule has 0 saturated heterocycles. The first kappa shape index (κ1) is 19.3. The summed E-state index contributed by atoms with van der Waals surface area (Å²) in [7, 11) is 0. The lowest BCUT2D eigenvalue weighted by atomic mass is 9.72. The zero-order valence-corrected chi connectivity index (χ0v) is 15.5. The predicted molar refractivity (Wildman–Crippen MR) is 100 cm³/mol. The largest absolute Gasteiger partial charge is 0.508 e. The summed E-state index contributed by atoms with van der Waals surface area (Å²) in [6.45, 7) is 4.53. The number of alkyl halides is 1. The molecule has 1 nitrogen and oxygen atoms in total. The van der Waals surface area contributed by atoms with Gasteiger partial charge in [-0.15, -0.1) is 0 Å². The van der Waals surface area contributed by atoms with Gasteiger partial charge in [0.1, 0.15) is 11.9 Å². The maximum Gasteiger partial charge on any atom is 0.115 e. The summed E-state index contributed by atoms with van der Waals surface area (Å²) in [6.07, 6.45) is 10.7. The van der Waals surface area contributed by atoms with Crippen molar-refractivity contribution in [2.24, 2.45) is 17.8 Å². The summed E-state index contributed by atoms with van der Waals surface area (Å²) in [5.41, 5.74) is 0.990. The Balaban J connectivity index is 1.88. The molecule has 2 rings (SSSR count). The molecule has 1 aromatic rings. The zero-order chi connectivity index (χ0) is 17.4. The van der Waals surface area contributed by atoms with Gasteiger partial charge in [0.2, 0.25) is 0 Å². The van der Waals surface area contributed by atoms with E-state index in [0.29, 0.717) is 18.8 Å². The third kappa shape index (κ3) is 6.11. The second-order valence-corrected chi connectivity index (χ2v) is 7.79. The molecule has 1 aliphatic carbocycles. The highest BCUT2D eigenvalue weighted by atomic mass is 19.1. The van der Waals surface area contributed by atoms with Crippen LogP contribution in [0.2, 0.25) is 0 Å². The lowest BCUT2D eigenvalue weighted by Gasteiger charge is -2.34. The van der Waals surface area contributed by atoms with Crippen molar-refractivity contribution < 1.29 is 9.50 Å². The van der Waals surface area contributed by atoms with Crippen LogP contribution in [-0.4, -0.2) is 11.3 Å². The van der Waals surface area contributed by atoms with Crippen LogP contribution >= 0.6 is 0 Å². The normalized spacial score (nSPS) is 23.8. The van der Waals surface area contributed by atoms with E-state index in [-0.39, 0.29) is 5.75 Å². The van der Waals surface area contributed by atoms with Crippen molar-refractivity contribution >= 4 is 0 Å². The third-order valence-electron chi connectivity index (χ3n) is 6.02. The summed E-state index contributed by atoms with van der Waals surface area (Å²) in [6, 6.07) is 7.00. The number of rotatable bonds is 9. The Kier molecular flexibility index (Phi) is 8.08. The van der Waals surface area contributed by atoms with Crippen molar-refractivity contribution in [1.29, 1.82) is 0 Å². The van der Waals surface area contributed by atoms with Gasteiger partial charge in [0.05, 0.1) is 0 Å². The summed E-state index contributed by atoms with van der Waals surface area (Å²) in [5.74, 6) is 2.45. The molecule has 2 atom stereocenters. The first-order chi connectivity index (χ1) is 11.6. The minimum Gasteiger partial charge on any atom is -0.508 e. The molecule has 2 heteroatoms. The molecule has 0 spiro atoms. The number of phenolic OH excluding ortho intramolecular Hbond substituents is 1. The van der Waals surface area contributed by atoms with Crippen LogP contribution in [-0.2, 0) is 6.42 Å². The average molecular weight is 335 g/mol. The zero-order valence-electron chi connectivity index (χ0n) is 15.5. The Labute approximate surface area is 147 Å². The first-order valence-corrected chi connectivity index (χ1v) is 10.0. The molecular formula is C22H35FO. The Morgan fingerprint density at radius 1 is 1.08 bits per heavy atom. The van der Waals surface area contributed by atoms with Gasteiger partial charge < -0.3 is 5.11 Å². The quantitative estimate of drug-likeness (QED) is 0.533. The van der Waals surface area contributed by atoms with Crippen molar-refractivity contribution in [2.75, 3.05) is 0 Å². The highest BCUT2D eigenvalue weighted by Crippen LogP contribution is 2.39. The molecule has 0 bridgehead atoms. The average Bonchev–Trinajstić information content (AvgIpc) is 2.60. The number of benzene rings is 1. The van der Waals surface area contributed by atoms with E-state index in [1.165, 1.54) is 51.4 Å². The number of phenols is 1. The third-order valence-corrected chi connectivity index (χ3v) is 6.02. The molecular weight excluding hydrogens is 299 g/mol. The second-order valence-electron chi connectivity index (χ2n) is 7.79. The molecule has 1 saturated carbocycles. The standard InChI is InChI=1S/C22H35FO/c1-3-5-6-20(19-11-7-17(4-2)8-12-19)16-21(23)15-18-9-13-22(24)14-10-18/h9-10,13-14,17,19-21,24H,3-8,11-12,15-16H2,1-2H3. The maximum absolute atomic E-state index is 14.7. The lowest BCUT2D eigenvalue weighted by molar-refractivity contribution is 0.149. The Bertz CT molecular complexity index is 448. The van der Waals surface area contributed by atoms with Crippen molar-refractivity contribution in [3.63, 3.8) is 0 Å². The first-order valence-electron chi connectivity index (χ1n) is 10.0. The van der Waals surface area contributed by atoms with E-state index >= 15 is 0 Å². The molecule has 1 aromatic carbocycles. The van der Waals surface area contributed by atoms with Crippen LogP contribution < -0.4 is 0 Å². The molecule has 136 valence electrons. The molecule has 1 aliphatic rings. The summed E-state index contributed by atoms with van der Waals surface area (Å²) in [5, 5.41) is 9.35. The smallest absolute Gasteiger partial charge is 0.115 e. The topological polar surface area (TPSA) is 20.2 Å². The van der Waals surface area contributed by atoms with Gasteiger partial charge in [0, 0.05) is 6.42 Å². The second kappa shape index (κ2) is 10.1. The van der Waals surface area contributed by atoms with Gasteiger partial charge in [-0.3, -0.25) is 0 Å². The summed E-state index contributed by atoms with van der Waals surface area (Å²) < 4.78 is 14.7. The number of halogens is 1. The number of unbranched alkanes of at least 4 members (excludes halogenated alkanes) is 1. The van der Waals surface area contributed by atoms with Crippen LogP contribution in [0.5, 0.6) is 5.75 Å². The van der Waals surface area contributed by atoms with E-state index in [0.717, 1.165) is 17.4 Å². The minimum absolute atomic E-state index is 0.252. The van der Waals surface area contributed by atoms with E-state index in [9.17, 15) is 9.50 Å². The molecule has 0 aromatic heterocycles. The SMILES string of the molecule is CCCCC(CC(F)Cc1ccc(O)cc1)C1CCC(CC)CC1. The van der Waals surface area contributed by atoms with E-state index in [1.807, 2.05) is 12.1 Å². The van der Waals surface area contributed by atoms with Crippen molar-refractivity contribution in [1.82, 2.24) is 0 Å². The van der Waals surface area contributed by atoms with Gasteiger partial charge >= 0.3 is 0 Å². The van der Waals surface area contributed by atoms with Crippen molar-refractivity contribution in [3.8, 4) is 5.75 Å². The molecule has 1 N–H and O–H groups in total. The molecule has 24 heavy (non-hydrogen) atoms. The van der Waals surface area contributed by atoms with E-state index in [1.54, 1.807) is 12.1 Å². The van der Waals surface area contributed by atoms with Crippen LogP contribution in [0.25, 0.3) is 0 Å². The minimum atomic E-state index is -0.764. The van der Waals surface area contributed by atoms with Gasteiger partial charge in [0.15, 0.2) is 0 Å².